The summed E-state index contributed by atoms with van der Waals surface area (Å²) in [5.74, 6) is -2.22. The number of amides is 1. The fourth-order valence-corrected chi connectivity index (χ4v) is 2.40. The molecule has 7 heteroatoms. The van der Waals surface area contributed by atoms with E-state index in [9.17, 15) is 13.6 Å². The molecule has 0 unspecified atom stereocenters. The summed E-state index contributed by atoms with van der Waals surface area (Å²) < 4.78 is 26.0. The van der Waals surface area contributed by atoms with Crippen LogP contribution in [0.2, 0.25) is 0 Å². The zero-order valence-corrected chi connectivity index (χ0v) is 12.4. The molecule has 2 N–H and O–H groups in total. The third kappa shape index (κ3) is 3.62. The monoisotopic (exact) mass is 318 g/mol. The van der Waals surface area contributed by atoms with E-state index in [0.29, 0.717) is 5.82 Å². The van der Waals surface area contributed by atoms with Gasteiger partial charge in [0, 0.05) is 31.7 Å². The van der Waals surface area contributed by atoms with Crippen molar-refractivity contribution in [1.82, 2.24) is 10.3 Å². The first-order chi connectivity index (χ1) is 11.1. The number of pyridine rings is 1. The number of nitrogens with zero attached hydrogens (tertiary/aromatic N) is 2. The molecule has 1 aliphatic rings. The molecule has 0 radical (unpaired) electrons. The summed E-state index contributed by atoms with van der Waals surface area (Å²) in [5, 5.41) is 5.84. The first-order valence-corrected chi connectivity index (χ1v) is 7.31. The Labute approximate surface area is 132 Å². The number of benzene rings is 1. The second-order valence-corrected chi connectivity index (χ2v) is 5.22. The lowest BCUT2D eigenvalue weighted by Gasteiger charge is -2.29. The zero-order valence-electron chi connectivity index (χ0n) is 12.4. The van der Waals surface area contributed by atoms with Gasteiger partial charge in [-0.2, -0.15) is 0 Å². The van der Waals surface area contributed by atoms with Crippen LogP contribution in [0.15, 0.2) is 36.5 Å². The smallest absolute Gasteiger partial charge is 0.256 e. The molecular weight excluding hydrogens is 302 g/mol. The lowest BCUT2D eigenvalue weighted by atomic mass is 10.2. The van der Waals surface area contributed by atoms with Crippen LogP contribution < -0.4 is 15.5 Å². The van der Waals surface area contributed by atoms with Gasteiger partial charge in [0.2, 0.25) is 0 Å². The van der Waals surface area contributed by atoms with Crippen LogP contribution in [0.5, 0.6) is 0 Å². The Morgan fingerprint density at radius 3 is 2.57 bits per heavy atom. The number of halogens is 2. The normalized spacial score (nSPS) is 14.6. The van der Waals surface area contributed by atoms with Crippen molar-refractivity contribution in [1.29, 1.82) is 0 Å². The fraction of sp³-hybridized carbons (Fsp3) is 0.250. The van der Waals surface area contributed by atoms with Crippen molar-refractivity contribution in [2.45, 2.75) is 0 Å². The molecule has 0 spiro atoms. The van der Waals surface area contributed by atoms with E-state index in [1.165, 1.54) is 6.07 Å². The SMILES string of the molecule is O=C(Nc1ccc(N2CCNCC2)cn1)c1ccc(F)c(F)c1. The minimum atomic E-state index is -1.06. The standard InChI is InChI=1S/C16H16F2N4O/c17-13-3-1-11(9-14(13)18)16(23)21-15-4-2-12(10-20-15)22-7-5-19-6-8-22/h1-4,9-10,19H,5-8H2,(H,20,21,23). The molecule has 3 rings (SSSR count). The number of rotatable bonds is 3. The second kappa shape index (κ2) is 6.70. The molecule has 0 saturated carbocycles. The highest BCUT2D eigenvalue weighted by molar-refractivity contribution is 6.03. The van der Waals surface area contributed by atoms with Crippen LogP contribution in [0.25, 0.3) is 0 Å². The van der Waals surface area contributed by atoms with Crippen molar-refractivity contribution >= 4 is 17.4 Å². The average molecular weight is 318 g/mol. The number of aromatic nitrogens is 1. The quantitative estimate of drug-likeness (QED) is 0.909. The number of piperazine rings is 1. The van der Waals surface area contributed by atoms with Gasteiger partial charge in [0.05, 0.1) is 11.9 Å². The van der Waals surface area contributed by atoms with Gasteiger partial charge in [-0.1, -0.05) is 0 Å². The number of hydrogen-bond donors (Lipinski definition) is 2. The van der Waals surface area contributed by atoms with Crippen molar-refractivity contribution in [2.24, 2.45) is 0 Å². The Hall–Kier alpha value is -2.54. The van der Waals surface area contributed by atoms with Crippen LogP contribution in [-0.4, -0.2) is 37.1 Å². The lowest BCUT2D eigenvalue weighted by Crippen LogP contribution is -2.43. The molecule has 5 nitrogen and oxygen atoms in total. The third-order valence-corrected chi connectivity index (χ3v) is 3.65. The molecule has 1 aromatic heterocycles. The van der Waals surface area contributed by atoms with Crippen molar-refractivity contribution < 1.29 is 13.6 Å². The first-order valence-electron chi connectivity index (χ1n) is 7.31. The Kier molecular flexibility index (Phi) is 4.47. The van der Waals surface area contributed by atoms with Crippen molar-refractivity contribution in [3.63, 3.8) is 0 Å². The molecule has 120 valence electrons. The van der Waals surface area contributed by atoms with Crippen LogP contribution in [0.4, 0.5) is 20.3 Å². The summed E-state index contributed by atoms with van der Waals surface area (Å²) in [6.45, 7) is 3.66. The molecule has 0 aliphatic carbocycles. The number of anilines is 2. The second-order valence-electron chi connectivity index (χ2n) is 5.22. The van der Waals surface area contributed by atoms with E-state index < -0.39 is 17.5 Å². The Morgan fingerprint density at radius 2 is 1.91 bits per heavy atom. The molecule has 0 atom stereocenters. The van der Waals surface area contributed by atoms with Gasteiger partial charge in [0.1, 0.15) is 5.82 Å². The van der Waals surface area contributed by atoms with Gasteiger partial charge in [-0.15, -0.1) is 0 Å². The van der Waals surface area contributed by atoms with E-state index in [-0.39, 0.29) is 5.56 Å². The van der Waals surface area contributed by atoms with Gasteiger partial charge < -0.3 is 15.5 Å². The maximum atomic E-state index is 13.2. The molecule has 1 saturated heterocycles. The van der Waals surface area contributed by atoms with E-state index in [0.717, 1.165) is 44.0 Å². The first kappa shape index (κ1) is 15.4. The highest BCUT2D eigenvalue weighted by Crippen LogP contribution is 2.16. The molecule has 2 heterocycles. The Bertz CT molecular complexity index is 700. The Morgan fingerprint density at radius 1 is 1.13 bits per heavy atom. The van der Waals surface area contributed by atoms with Crippen LogP contribution in [0.3, 0.4) is 0 Å². The van der Waals surface area contributed by atoms with E-state index in [1.54, 1.807) is 12.3 Å². The predicted molar refractivity (Wildman–Crippen MR) is 83.6 cm³/mol. The zero-order chi connectivity index (χ0) is 16.2. The third-order valence-electron chi connectivity index (χ3n) is 3.65. The fourth-order valence-electron chi connectivity index (χ4n) is 2.40. The summed E-state index contributed by atoms with van der Waals surface area (Å²) in [7, 11) is 0. The summed E-state index contributed by atoms with van der Waals surface area (Å²) in [4.78, 5) is 18.4. The maximum absolute atomic E-state index is 13.2. The van der Waals surface area contributed by atoms with Crippen LogP contribution >= 0.6 is 0 Å². The van der Waals surface area contributed by atoms with Crippen molar-refractivity contribution in [2.75, 3.05) is 36.4 Å². The minimum Gasteiger partial charge on any atom is -0.368 e. The highest BCUT2D eigenvalue weighted by Gasteiger charge is 2.13. The van der Waals surface area contributed by atoms with Crippen LogP contribution in [0.1, 0.15) is 10.4 Å². The largest absolute Gasteiger partial charge is 0.368 e. The number of hydrogen-bond acceptors (Lipinski definition) is 4. The molecule has 2 aromatic rings. The van der Waals surface area contributed by atoms with E-state index in [4.69, 9.17) is 0 Å². The molecule has 1 aliphatic heterocycles. The Balaban J connectivity index is 1.67. The van der Waals surface area contributed by atoms with Gasteiger partial charge in [-0.3, -0.25) is 4.79 Å². The number of carbonyl (C=O) groups is 1. The van der Waals surface area contributed by atoms with E-state index >= 15 is 0 Å². The summed E-state index contributed by atoms with van der Waals surface area (Å²) in [6, 6.07) is 6.57. The summed E-state index contributed by atoms with van der Waals surface area (Å²) >= 11 is 0. The van der Waals surface area contributed by atoms with Gasteiger partial charge in [-0.25, -0.2) is 13.8 Å². The lowest BCUT2D eigenvalue weighted by molar-refractivity contribution is 0.102. The average Bonchev–Trinajstić information content (AvgIpc) is 2.59. The van der Waals surface area contributed by atoms with E-state index in [2.05, 4.69) is 20.5 Å². The van der Waals surface area contributed by atoms with Gasteiger partial charge in [0.15, 0.2) is 11.6 Å². The molecule has 1 fully saturated rings. The van der Waals surface area contributed by atoms with Crippen molar-refractivity contribution in [3.8, 4) is 0 Å². The van der Waals surface area contributed by atoms with E-state index in [1.807, 2.05) is 6.07 Å². The van der Waals surface area contributed by atoms with Crippen LogP contribution in [-0.2, 0) is 0 Å². The number of nitrogens with one attached hydrogen (secondary N) is 2. The van der Waals surface area contributed by atoms with Gasteiger partial charge in [0.25, 0.3) is 5.91 Å². The van der Waals surface area contributed by atoms with Crippen molar-refractivity contribution in [3.05, 3.63) is 53.7 Å². The molecule has 23 heavy (non-hydrogen) atoms. The minimum absolute atomic E-state index is 0.0388. The predicted octanol–water partition coefficient (Wildman–Crippen LogP) is 2.02. The number of carbonyl (C=O) groups excluding carboxylic acids is 1. The molecule has 0 bridgehead atoms. The topological polar surface area (TPSA) is 57.3 Å². The van der Waals surface area contributed by atoms with Gasteiger partial charge in [-0.05, 0) is 30.3 Å². The summed E-state index contributed by atoms with van der Waals surface area (Å²) in [5.41, 5.74) is 1.02. The highest BCUT2D eigenvalue weighted by atomic mass is 19.2. The molecule has 1 aromatic carbocycles. The summed E-state index contributed by atoms with van der Waals surface area (Å²) in [6.07, 6.45) is 1.69. The molecule has 1 amide bonds. The maximum Gasteiger partial charge on any atom is 0.256 e. The van der Waals surface area contributed by atoms with Gasteiger partial charge >= 0.3 is 0 Å². The van der Waals surface area contributed by atoms with Crippen LogP contribution in [0, 0.1) is 11.6 Å². The molecular formula is C16H16F2N4O.